The van der Waals surface area contributed by atoms with Crippen molar-refractivity contribution in [2.45, 2.75) is 25.7 Å². The van der Waals surface area contributed by atoms with E-state index in [9.17, 15) is 4.79 Å². The van der Waals surface area contributed by atoms with E-state index in [2.05, 4.69) is 28.7 Å². The van der Waals surface area contributed by atoms with Crippen LogP contribution in [0.15, 0.2) is 35.1 Å². The Morgan fingerprint density at radius 2 is 2.00 bits per heavy atom. The van der Waals surface area contributed by atoms with E-state index in [0.29, 0.717) is 0 Å². The molecule has 1 aromatic carbocycles. The summed E-state index contributed by atoms with van der Waals surface area (Å²) in [7, 11) is 0. The summed E-state index contributed by atoms with van der Waals surface area (Å²) < 4.78 is 1.99. The van der Waals surface area contributed by atoms with Gasteiger partial charge in [-0.2, -0.15) is 0 Å². The first-order chi connectivity index (χ1) is 8.77. The standard InChI is InChI=1S/C15H13IOS/c16-13-14(17)11-8-4-5-9-12(11)18-15(13)10-6-2-1-3-7-10/h4-6,8-9H,1-3,7H2. The number of rotatable bonds is 1. The highest BCUT2D eigenvalue weighted by atomic mass is 127. The van der Waals surface area contributed by atoms with Crippen molar-refractivity contribution in [2.24, 2.45) is 0 Å². The summed E-state index contributed by atoms with van der Waals surface area (Å²) in [6.45, 7) is 0. The molecule has 2 aromatic rings. The molecule has 0 spiro atoms. The zero-order valence-electron chi connectivity index (χ0n) is 9.91. The summed E-state index contributed by atoms with van der Waals surface area (Å²) in [5, 5.41) is 0.854. The van der Waals surface area contributed by atoms with Crippen LogP contribution in [0.2, 0.25) is 0 Å². The molecule has 0 radical (unpaired) electrons. The van der Waals surface area contributed by atoms with Crippen LogP contribution in [-0.2, 0) is 0 Å². The largest absolute Gasteiger partial charge is 0.288 e. The predicted molar refractivity (Wildman–Crippen MR) is 87.3 cm³/mol. The van der Waals surface area contributed by atoms with Crippen LogP contribution in [0, 0.1) is 3.57 Å². The van der Waals surface area contributed by atoms with Gasteiger partial charge in [0.25, 0.3) is 0 Å². The number of hydrogen-bond acceptors (Lipinski definition) is 2. The van der Waals surface area contributed by atoms with Crippen molar-refractivity contribution in [3.63, 3.8) is 0 Å². The van der Waals surface area contributed by atoms with Gasteiger partial charge < -0.3 is 0 Å². The first-order valence-corrected chi connectivity index (χ1v) is 8.07. The van der Waals surface area contributed by atoms with Gasteiger partial charge in [0.05, 0.1) is 3.57 Å². The van der Waals surface area contributed by atoms with Gasteiger partial charge in [-0.15, -0.1) is 11.3 Å². The Hall–Kier alpha value is -0.680. The minimum absolute atomic E-state index is 0.187. The zero-order valence-corrected chi connectivity index (χ0v) is 12.9. The molecule has 1 nitrogen and oxygen atoms in total. The van der Waals surface area contributed by atoms with Crippen LogP contribution in [0.1, 0.15) is 30.6 Å². The molecule has 0 N–H and O–H groups in total. The third kappa shape index (κ3) is 2.14. The zero-order chi connectivity index (χ0) is 12.5. The summed E-state index contributed by atoms with van der Waals surface area (Å²) in [5.74, 6) is 0. The van der Waals surface area contributed by atoms with E-state index in [0.717, 1.165) is 26.5 Å². The third-order valence-corrected chi connectivity index (χ3v) is 5.97. The maximum atomic E-state index is 12.4. The molecule has 1 heterocycles. The molecule has 3 heteroatoms. The first kappa shape index (κ1) is 12.4. The molecule has 0 unspecified atom stereocenters. The van der Waals surface area contributed by atoms with Gasteiger partial charge in [-0.3, -0.25) is 4.79 Å². The second-order valence-electron chi connectivity index (χ2n) is 4.55. The first-order valence-electron chi connectivity index (χ1n) is 6.18. The van der Waals surface area contributed by atoms with Crippen molar-refractivity contribution < 1.29 is 0 Å². The quantitative estimate of drug-likeness (QED) is 0.660. The van der Waals surface area contributed by atoms with E-state index in [1.165, 1.54) is 23.3 Å². The fourth-order valence-electron chi connectivity index (χ4n) is 2.37. The van der Waals surface area contributed by atoms with Gasteiger partial charge in [0.2, 0.25) is 5.43 Å². The van der Waals surface area contributed by atoms with Crippen molar-refractivity contribution in [1.29, 1.82) is 0 Å². The highest BCUT2D eigenvalue weighted by molar-refractivity contribution is 14.1. The van der Waals surface area contributed by atoms with E-state index >= 15 is 0 Å². The minimum Gasteiger partial charge on any atom is -0.288 e. The van der Waals surface area contributed by atoms with Crippen LogP contribution in [0.5, 0.6) is 0 Å². The summed E-state index contributed by atoms with van der Waals surface area (Å²) >= 11 is 3.97. The van der Waals surface area contributed by atoms with Crippen LogP contribution in [0.3, 0.4) is 0 Å². The van der Waals surface area contributed by atoms with Gasteiger partial charge in [-0.25, -0.2) is 0 Å². The molecule has 0 bridgehead atoms. The summed E-state index contributed by atoms with van der Waals surface area (Å²) in [5.41, 5.74) is 1.56. The van der Waals surface area contributed by atoms with Crippen molar-refractivity contribution >= 4 is 49.6 Å². The smallest absolute Gasteiger partial charge is 0.201 e. The van der Waals surface area contributed by atoms with Gasteiger partial charge in [0, 0.05) is 15.0 Å². The second kappa shape index (κ2) is 5.13. The second-order valence-corrected chi connectivity index (χ2v) is 6.68. The van der Waals surface area contributed by atoms with Crippen LogP contribution >= 0.6 is 33.9 Å². The number of benzene rings is 1. The predicted octanol–water partition coefficient (Wildman–Crippen LogP) is 4.82. The molecular formula is C15H13IOS. The lowest BCUT2D eigenvalue weighted by Crippen LogP contribution is -2.08. The molecule has 0 fully saturated rings. The number of halogens is 1. The number of hydrogen-bond donors (Lipinski definition) is 0. The molecule has 0 saturated carbocycles. The van der Waals surface area contributed by atoms with Crippen LogP contribution in [0.4, 0.5) is 0 Å². The van der Waals surface area contributed by atoms with Crippen LogP contribution in [-0.4, -0.2) is 0 Å². The molecule has 18 heavy (non-hydrogen) atoms. The Morgan fingerprint density at radius 1 is 1.17 bits per heavy atom. The van der Waals surface area contributed by atoms with Crippen molar-refractivity contribution in [1.82, 2.24) is 0 Å². The summed E-state index contributed by atoms with van der Waals surface area (Å²) in [4.78, 5) is 13.6. The summed E-state index contributed by atoms with van der Waals surface area (Å²) in [6.07, 6.45) is 7.10. The molecule has 0 saturated heterocycles. The third-order valence-electron chi connectivity index (χ3n) is 3.33. The van der Waals surface area contributed by atoms with Crippen LogP contribution in [0.25, 0.3) is 15.7 Å². The van der Waals surface area contributed by atoms with Gasteiger partial charge >= 0.3 is 0 Å². The van der Waals surface area contributed by atoms with E-state index < -0.39 is 0 Å². The van der Waals surface area contributed by atoms with Crippen LogP contribution < -0.4 is 5.43 Å². The van der Waals surface area contributed by atoms with Gasteiger partial charge in [0.1, 0.15) is 0 Å². The normalized spacial score (nSPS) is 15.7. The lowest BCUT2D eigenvalue weighted by molar-refractivity contribution is 0.743. The van der Waals surface area contributed by atoms with Gasteiger partial charge in [0.15, 0.2) is 0 Å². The summed E-state index contributed by atoms with van der Waals surface area (Å²) in [6, 6.07) is 7.91. The average molecular weight is 368 g/mol. The highest BCUT2D eigenvalue weighted by Gasteiger charge is 2.14. The lowest BCUT2D eigenvalue weighted by atomic mass is 9.98. The fraction of sp³-hybridized carbons (Fsp3) is 0.267. The SMILES string of the molecule is O=c1c(I)c(C2=CCCCC2)sc2ccccc12. The van der Waals surface area contributed by atoms with E-state index in [1.54, 1.807) is 11.3 Å². The molecule has 1 aromatic heterocycles. The Labute approximate surface area is 124 Å². The Kier molecular flexibility index (Phi) is 3.52. The van der Waals surface area contributed by atoms with E-state index in [4.69, 9.17) is 0 Å². The molecule has 0 amide bonds. The number of fused-ring (bicyclic) bond motifs is 1. The lowest BCUT2D eigenvalue weighted by Gasteiger charge is -2.14. The number of allylic oxidation sites excluding steroid dienone is 2. The van der Waals surface area contributed by atoms with Gasteiger partial charge in [-0.1, -0.05) is 18.2 Å². The maximum absolute atomic E-state index is 12.4. The maximum Gasteiger partial charge on any atom is 0.201 e. The minimum atomic E-state index is 0.187. The topological polar surface area (TPSA) is 17.1 Å². The fourth-order valence-corrected chi connectivity index (χ4v) is 4.47. The van der Waals surface area contributed by atoms with Gasteiger partial charge in [-0.05, 0) is 66.0 Å². The molecule has 92 valence electrons. The molecular weight excluding hydrogens is 355 g/mol. The molecule has 0 atom stereocenters. The molecule has 3 rings (SSSR count). The van der Waals surface area contributed by atoms with Crippen molar-refractivity contribution in [2.75, 3.05) is 0 Å². The monoisotopic (exact) mass is 368 g/mol. The molecule has 1 aliphatic carbocycles. The Balaban J connectivity index is 2.27. The van der Waals surface area contributed by atoms with Crippen molar-refractivity contribution in [3.8, 4) is 0 Å². The molecule has 0 aliphatic heterocycles. The highest BCUT2D eigenvalue weighted by Crippen LogP contribution is 2.34. The van der Waals surface area contributed by atoms with E-state index in [1.807, 2.05) is 24.3 Å². The Bertz CT molecular complexity index is 684. The molecule has 1 aliphatic rings. The average Bonchev–Trinajstić information content (AvgIpc) is 2.44. The van der Waals surface area contributed by atoms with Crippen molar-refractivity contribution in [3.05, 3.63) is 49.0 Å². The Morgan fingerprint density at radius 3 is 2.78 bits per heavy atom. The van der Waals surface area contributed by atoms with E-state index in [-0.39, 0.29) is 5.43 Å².